The van der Waals surface area contributed by atoms with Crippen LogP contribution in [0.5, 0.6) is 0 Å². The molecule has 1 atom stereocenters. The second-order valence-corrected chi connectivity index (χ2v) is 6.24. The minimum Gasteiger partial charge on any atom is -0.314 e. The molecule has 0 spiro atoms. The lowest BCUT2D eigenvalue weighted by Crippen LogP contribution is -2.33. The summed E-state index contributed by atoms with van der Waals surface area (Å²) in [6.45, 7) is 8.46. The van der Waals surface area contributed by atoms with E-state index >= 15 is 0 Å². The third kappa shape index (κ3) is 7.38. The van der Waals surface area contributed by atoms with Crippen molar-refractivity contribution in [2.45, 2.75) is 71.3 Å². The van der Waals surface area contributed by atoms with Crippen molar-refractivity contribution < 1.29 is 0 Å². The molecule has 0 aromatic rings. The first-order valence-electron chi connectivity index (χ1n) is 8.14. The van der Waals surface area contributed by atoms with Gasteiger partial charge in [0.05, 0.1) is 0 Å². The molecule has 0 bridgehead atoms. The maximum atomic E-state index is 3.70. The van der Waals surface area contributed by atoms with Crippen LogP contribution in [0.25, 0.3) is 0 Å². The van der Waals surface area contributed by atoms with E-state index in [4.69, 9.17) is 0 Å². The van der Waals surface area contributed by atoms with E-state index in [1.165, 1.54) is 71.0 Å². The Morgan fingerprint density at radius 3 is 2.56 bits per heavy atom. The number of likely N-dealkylation sites (tertiary alicyclic amines) is 1. The van der Waals surface area contributed by atoms with Crippen LogP contribution in [-0.2, 0) is 0 Å². The first kappa shape index (κ1) is 16.0. The lowest BCUT2D eigenvalue weighted by Gasteiger charge is -2.29. The molecule has 2 heteroatoms. The van der Waals surface area contributed by atoms with Crippen LogP contribution in [0.3, 0.4) is 0 Å². The van der Waals surface area contributed by atoms with Gasteiger partial charge in [0.1, 0.15) is 0 Å². The van der Waals surface area contributed by atoms with Crippen molar-refractivity contribution in [2.75, 3.05) is 26.7 Å². The fourth-order valence-electron chi connectivity index (χ4n) is 2.86. The van der Waals surface area contributed by atoms with Gasteiger partial charge in [0.25, 0.3) is 0 Å². The van der Waals surface area contributed by atoms with Crippen molar-refractivity contribution in [3.63, 3.8) is 0 Å². The lowest BCUT2D eigenvalue weighted by atomic mass is 9.94. The summed E-state index contributed by atoms with van der Waals surface area (Å²) in [5.41, 5.74) is 0. The lowest BCUT2D eigenvalue weighted by molar-refractivity contribution is 0.210. The summed E-state index contributed by atoms with van der Waals surface area (Å²) in [6, 6.07) is 0.716. The van der Waals surface area contributed by atoms with Gasteiger partial charge in [-0.05, 0) is 65.2 Å². The van der Waals surface area contributed by atoms with Crippen molar-refractivity contribution in [1.29, 1.82) is 0 Å². The maximum Gasteiger partial charge on any atom is 0.00387 e. The first-order valence-corrected chi connectivity index (χ1v) is 8.14. The molecule has 1 aliphatic rings. The fraction of sp³-hybridized carbons (Fsp3) is 1.00. The topological polar surface area (TPSA) is 15.3 Å². The number of piperidine rings is 1. The molecule has 1 rings (SSSR count). The van der Waals surface area contributed by atoms with Crippen LogP contribution in [0.4, 0.5) is 0 Å². The van der Waals surface area contributed by atoms with E-state index in [9.17, 15) is 0 Å². The molecule has 108 valence electrons. The summed E-state index contributed by atoms with van der Waals surface area (Å²) in [4.78, 5) is 2.46. The zero-order chi connectivity index (χ0) is 13.2. The Morgan fingerprint density at radius 2 is 1.89 bits per heavy atom. The molecule has 0 aliphatic carbocycles. The monoisotopic (exact) mass is 254 g/mol. The van der Waals surface area contributed by atoms with Gasteiger partial charge in [-0.15, -0.1) is 0 Å². The van der Waals surface area contributed by atoms with Crippen molar-refractivity contribution in [3.8, 4) is 0 Å². The van der Waals surface area contributed by atoms with Gasteiger partial charge < -0.3 is 10.2 Å². The van der Waals surface area contributed by atoms with Crippen molar-refractivity contribution >= 4 is 0 Å². The summed E-state index contributed by atoms with van der Waals surface area (Å²) >= 11 is 0. The molecule has 1 fully saturated rings. The van der Waals surface area contributed by atoms with E-state index in [1.54, 1.807) is 0 Å². The minimum atomic E-state index is 0.716. The number of unbranched alkanes of at least 4 members (excludes halogenated alkanes) is 3. The summed E-state index contributed by atoms with van der Waals surface area (Å²) in [7, 11) is 2.24. The highest BCUT2D eigenvalue weighted by Crippen LogP contribution is 2.18. The zero-order valence-corrected chi connectivity index (χ0v) is 12.9. The Kier molecular flexibility index (Phi) is 8.70. The Bertz CT molecular complexity index is 186. The molecule has 2 nitrogen and oxygen atoms in total. The quantitative estimate of drug-likeness (QED) is 0.632. The summed E-state index contributed by atoms with van der Waals surface area (Å²) < 4.78 is 0. The third-order valence-electron chi connectivity index (χ3n) is 4.37. The van der Waals surface area contributed by atoms with Gasteiger partial charge in [-0.3, -0.25) is 0 Å². The second kappa shape index (κ2) is 9.80. The van der Waals surface area contributed by atoms with Gasteiger partial charge in [-0.2, -0.15) is 0 Å². The number of hydrogen-bond donors (Lipinski definition) is 1. The predicted octanol–water partition coefficient (Wildman–Crippen LogP) is 3.67. The molecular formula is C16H34N2. The molecule has 0 aromatic carbocycles. The first-order chi connectivity index (χ1) is 8.72. The molecule has 1 N–H and O–H groups in total. The maximum absolute atomic E-state index is 3.70. The van der Waals surface area contributed by atoms with Crippen molar-refractivity contribution in [2.24, 2.45) is 5.92 Å². The van der Waals surface area contributed by atoms with Gasteiger partial charge in [0, 0.05) is 6.04 Å². The molecule has 1 saturated heterocycles. The van der Waals surface area contributed by atoms with Crippen LogP contribution in [0.2, 0.25) is 0 Å². The normalized spacial score (nSPS) is 20.2. The largest absolute Gasteiger partial charge is 0.314 e. The number of nitrogens with zero attached hydrogens (tertiary/aromatic N) is 1. The molecular weight excluding hydrogens is 220 g/mol. The fourth-order valence-corrected chi connectivity index (χ4v) is 2.86. The van der Waals surface area contributed by atoms with Gasteiger partial charge in [-0.25, -0.2) is 0 Å². The second-order valence-electron chi connectivity index (χ2n) is 6.24. The van der Waals surface area contributed by atoms with Gasteiger partial charge >= 0.3 is 0 Å². The van der Waals surface area contributed by atoms with E-state index in [2.05, 4.69) is 31.1 Å². The van der Waals surface area contributed by atoms with Gasteiger partial charge in [0.2, 0.25) is 0 Å². The van der Waals surface area contributed by atoms with Crippen molar-refractivity contribution in [3.05, 3.63) is 0 Å². The molecule has 1 aliphatic heterocycles. The summed E-state index contributed by atoms with van der Waals surface area (Å²) in [6.07, 6.45) is 11.1. The molecule has 1 unspecified atom stereocenters. The van der Waals surface area contributed by atoms with Crippen LogP contribution in [0, 0.1) is 5.92 Å². The van der Waals surface area contributed by atoms with Gasteiger partial charge in [0.15, 0.2) is 0 Å². The van der Waals surface area contributed by atoms with E-state index in [-0.39, 0.29) is 0 Å². The van der Waals surface area contributed by atoms with Crippen LogP contribution in [0.1, 0.15) is 65.2 Å². The van der Waals surface area contributed by atoms with E-state index in [0.717, 1.165) is 5.92 Å². The number of nitrogens with one attached hydrogen (secondary N) is 1. The highest BCUT2D eigenvalue weighted by atomic mass is 15.1. The zero-order valence-electron chi connectivity index (χ0n) is 12.9. The molecule has 0 saturated carbocycles. The highest BCUT2D eigenvalue weighted by Gasteiger charge is 2.16. The third-order valence-corrected chi connectivity index (χ3v) is 4.37. The van der Waals surface area contributed by atoms with Crippen molar-refractivity contribution in [1.82, 2.24) is 10.2 Å². The molecule has 1 heterocycles. The van der Waals surface area contributed by atoms with E-state index < -0.39 is 0 Å². The smallest absolute Gasteiger partial charge is 0.00387 e. The average molecular weight is 254 g/mol. The Hall–Kier alpha value is -0.0800. The summed E-state index contributed by atoms with van der Waals surface area (Å²) in [5.74, 6) is 0.973. The Balaban J connectivity index is 1.93. The number of hydrogen-bond acceptors (Lipinski definition) is 2. The molecule has 0 amide bonds. The average Bonchev–Trinajstić information content (AvgIpc) is 2.37. The SMILES string of the molecule is CCCCCCC(C)NCCC1CCN(C)CC1. The molecule has 0 radical (unpaired) electrons. The van der Waals surface area contributed by atoms with Crippen LogP contribution < -0.4 is 5.32 Å². The molecule has 0 aromatic heterocycles. The highest BCUT2D eigenvalue weighted by molar-refractivity contribution is 4.71. The van der Waals surface area contributed by atoms with E-state index in [0.29, 0.717) is 6.04 Å². The standard InChI is InChI=1S/C16H34N2/c1-4-5-6-7-8-15(2)17-12-9-16-10-13-18(3)14-11-16/h15-17H,4-14H2,1-3H3. The van der Waals surface area contributed by atoms with Crippen LogP contribution >= 0.6 is 0 Å². The van der Waals surface area contributed by atoms with Gasteiger partial charge in [-0.1, -0.05) is 32.6 Å². The van der Waals surface area contributed by atoms with E-state index in [1.807, 2.05) is 0 Å². The Labute approximate surface area is 115 Å². The number of rotatable bonds is 9. The van der Waals surface area contributed by atoms with Crippen LogP contribution in [-0.4, -0.2) is 37.6 Å². The minimum absolute atomic E-state index is 0.716. The van der Waals surface area contributed by atoms with Crippen LogP contribution in [0.15, 0.2) is 0 Å². The summed E-state index contributed by atoms with van der Waals surface area (Å²) in [5, 5.41) is 3.70. The molecule has 18 heavy (non-hydrogen) atoms. The predicted molar refractivity (Wildman–Crippen MR) is 81.1 cm³/mol. The Morgan fingerprint density at radius 1 is 1.17 bits per heavy atom.